The molecule has 2 saturated heterocycles. The van der Waals surface area contributed by atoms with Crippen LogP contribution in [0.2, 0.25) is 0 Å². The number of nitrogens with one attached hydrogen (secondary N) is 1. The fourth-order valence-corrected chi connectivity index (χ4v) is 3.14. The molecule has 2 aliphatic heterocycles. The maximum atomic E-state index is 4.80. The second-order valence-corrected chi connectivity index (χ2v) is 5.98. The van der Waals surface area contributed by atoms with E-state index in [-0.39, 0.29) is 0 Å². The maximum absolute atomic E-state index is 4.80. The second-order valence-electron chi connectivity index (χ2n) is 5.98. The van der Waals surface area contributed by atoms with E-state index in [9.17, 15) is 0 Å². The van der Waals surface area contributed by atoms with E-state index < -0.39 is 0 Å². The summed E-state index contributed by atoms with van der Waals surface area (Å²) in [4.78, 5) is 9.78. The minimum atomic E-state index is 0.865. The Labute approximate surface area is 118 Å². The van der Waals surface area contributed by atoms with Crippen LogP contribution in [0.5, 0.6) is 0 Å². The molecular formula is C15H30N4. The molecule has 2 aliphatic rings. The summed E-state index contributed by atoms with van der Waals surface area (Å²) < 4.78 is 0. The van der Waals surface area contributed by atoms with Crippen LogP contribution in [0.25, 0.3) is 0 Å². The third kappa shape index (κ3) is 4.68. The van der Waals surface area contributed by atoms with Gasteiger partial charge in [0.15, 0.2) is 5.96 Å². The second kappa shape index (κ2) is 7.73. The highest BCUT2D eigenvalue weighted by Gasteiger charge is 2.17. The van der Waals surface area contributed by atoms with Gasteiger partial charge in [-0.05, 0) is 45.1 Å². The molecule has 4 nitrogen and oxygen atoms in total. The lowest BCUT2D eigenvalue weighted by molar-refractivity contribution is 0.188. The monoisotopic (exact) mass is 266 g/mol. The van der Waals surface area contributed by atoms with Crippen molar-refractivity contribution in [3.05, 3.63) is 0 Å². The molecule has 1 unspecified atom stereocenters. The zero-order valence-electron chi connectivity index (χ0n) is 12.7. The quantitative estimate of drug-likeness (QED) is 0.621. The summed E-state index contributed by atoms with van der Waals surface area (Å²) in [5.74, 6) is 2.00. The number of rotatable bonds is 4. The van der Waals surface area contributed by atoms with Crippen LogP contribution < -0.4 is 5.32 Å². The molecule has 1 atom stereocenters. The summed E-state index contributed by atoms with van der Waals surface area (Å²) in [7, 11) is 0. The van der Waals surface area contributed by atoms with Crippen LogP contribution in [0.1, 0.15) is 39.5 Å². The Balaban J connectivity index is 1.77. The third-order valence-electron chi connectivity index (χ3n) is 4.16. The highest BCUT2D eigenvalue weighted by atomic mass is 15.3. The highest BCUT2D eigenvalue weighted by molar-refractivity contribution is 5.80. The first-order chi connectivity index (χ1) is 9.29. The van der Waals surface area contributed by atoms with Crippen LogP contribution in [0.3, 0.4) is 0 Å². The van der Waals surface area contributed by atoms with Gasteiger partial charge >= 0.3 is 0 Å². The third-order valence-corrected chi connectivity index (χ3v) is 4.16. The van der Waals surface area contributed by atoms with Crippen molar-refractivity contribution in [2.45, 2.75) is 39.5 Å². The van der Waals surface area contributed by atoms with Crippen molar-refractivity contribution in [1.82, 2.24) is 15.1 Å². The molecule has 19 heavy (non-hydrogen) atoms. The minimum absolute atomic E-state index is 0.865. The van der Waals surface area contributed by atoms with Gasteiger partial charge < -0.3 is 15.1 Å². The zero-order chi connectivity index (χ0) is 13.5. The van der Waals surface area contributed by atoms with Gasteiger partial charge in [-0.2, -0.15) is 0 Å². The normalized spacial score (nSPS) is 25.9. The van der Waals surface area contributed by atoms with Crippen molar-refractivity contribution in [1.29, 1.82) is 0 Å². The fraction of sp³-hybridized carbons (Fsp3) is 0.933. The van der Waals surface area contributed by atoms with E-state index >= 15 is 0 Å². The molecule has 4 heteroatoms. The summed E-state index contributed by atoms with van der Waals surface area (Å²) >= 11 is 0. The number of guanidine groups is 1. The topological polar surface area (TPSA) is 30.9 Å². The van der Waals surface area contributed by atoms with E-state index in [2.05, 4.69) is 29.0 Å². The highest BCUT2D eigenvalue weighted by Crippen LogP contribution is 2.14. The molecule has 0 aromatic carbocycles. The van der Waals surface area contributed by atoms with Crippen molar-refractivity contribution in [2.75, 3.05) is 45.8 Å². The standard InChI is InChI=1S/C15H30N4/c1-3-16-15(19-10-4-5-11-19)17-8-12-18-9-6-7-14(2)13-18/h14H,3-13H2,1-2H3,(H,16,17). The van der Waals surface area contributed by atoms with Gasteiger partial charge in [0.05, 0.1) is 6.54 Å². The van der Waals surface area contributed by atoms with Gasteiger partial charge in [-0.25, -0.2) is 0 Å². The Kier molecular flexibility index (Phi) is 5.95. The van der Waals surface area contributed by atoms with Crippen molar-refractivity contribution >= 4 is 5.96 Å². The Bertz CT molecular complexity index is 284. The Morgan fingerprint density at radius 3 is 2.68 bits per heavy atom. The molecule has 2 heterocycles. The molecule has 1 N–H and O–H groups in total. The lowest BCUT2D eigenvalue weighted by Crippen LogP contribution is -2.41. The van der Waals surface area contributed by atoms with Crippen LogP contribution in [0, 0.1) is 5.92 Å². The summed E-state index contributed by atoms with van der Waals surface area (Å²) in [6.45, 7) is 12.4. The fourth-order valence-electron chi connectivity index (χ4n) is 3.14. The first-order valence-corrected chi connectivity index (χ1v) is 8.05. The predicted molar refractivity (Wildman–Crippen MR) is 81.6 cm³/mol. The van der Waals surface area contributed by atoms with Gasteiger partial charge in [0, 0.05) is 32.7 Å². The van der Waals surface area contributed by atoms with E-state index in [0.29, 0.717) is 0 Å². The Morgan fingerprint density at radius 1 is 1.21 bits per heavy atom. The number of likely N-dealkylation sites (tertiary alicyclic amines) is 2. The van der Waals surface area contributed by atoms with E-state index in [1.54, 1.807) is 0 Å². The van der Waals surface area contributed by atoms with Crippen molar-refractivity contribution in [3.8, 4) is 0 Å². The Morgan fingerprint density at radius 2 is 2.00 bits per heavy atom. The van der Waals surface area contributed by atoms with E-state index in [4.69, 9.17) is 4.99 Å². The molecule has 0 bridgehead atoms. The van der Waals surface area contributed by atoms with E-state index in [1.807, 2.05) is 0 Å². The summed E-state index contributed by atoms with van der Waals surface area (Å²) in [6, 6.07) is 0. The van der Waals surface area contributed by atoms with E-state index in [0.717, 1.165) is 31.5 Å². The van der Waals surface area contributed by atoms with Gasteiger partial charge in [0.25, 0.3) is 0 Å². The van der Waals surface area contributed by atoms with Crippen molar-refractivity contribution in [3.63, 3.8) is 0 Å². The maximum Gasteiger partial charge on any atom is 0.193 e. The summed E-state index contributed by atoms with van der Waals surface area (Å²) in [5.41, 5.74) is 0. The summed E-state index contributed by atoms with van der Waals surface area (Å²) in [5, 5.41) is 3.43. The Hall–Kier alpha value is -0.770. The molecule has 0 aromatic heterocycles. The molecule has 0 spiro atoms. The molecular weight excluding hydrogens is 236 g/mol. The van der Waals surface area contributed by atoms with Gasteiger partial charge in [-0.3, -0.25) is 4.99 Å². The van der Waals surface area contributed by atoms with Gasteiger partial charge in [-0.1, -0.05) is 6.92 Å². The van der Waals surface area contributed by atoms with Crippen LogP contribution >= 0.6 is 0 Å². The van der Waals surface area contributed by atoms with E-state index in [1.165, 1.54) is 51.9 Å². The van der Waals surface area contributed by atoms with Gasteiger partial charge in [-0.15, -0.1) is 0 Å². The molecule has 110 valence electrons. The number of hydrogen-bond donors (Lipinski definition) is 1. The zero-order valence-corrected chi connectivity index (χ0v) is 12.7. The molecule has 0 aliphatic carbocycles. The SMILES string of the molecule is CCNC(=NCCN1CCCC(C)C1)N1CCCC1. The lowest BCUT2D eigenvalue weighted by Gasteiger charge is -2.30. The largest absolute Gasteiger partial charge is 0.357 e. The first kappa shape index (κ1) is 14.6. The van der Waals surface area contributed by atoms with Crippen LogP contribution in [0.15, 0.2) is 4.99 Å². The van der Waals surface area contributed by atoms with Crippen LogP contribution in [-0.2, 0) is 0 Å². The molecule has 0 aromatic rings. The van der Waals surface area contributed by atoms with Gasteiger partial charge in [0.2, 0.25) is 0 Å². The number of hydrogen-bond acceptors (Lipinski definition) is 2. The first-order valence-electron chi connectivity index (χ1n) is 8.05. The van der Waals surface area contributed by atoms with Gasteiger partial charge in [0.1, 0.15) is 0 Å². The van der Waals surface area contributed by atoms with Crippen molar-refractivity contribution < 1.29 is 0 Å². The predicted octanol–water partition coefficient (Wildman–Crippen LogP) is 1.78. The molecule has 0 amide bonds. The summed E-state index contributed by atoms with van der Waals surface area (Å²) in [6.07, 6.45) is 5.38. The molecule has 0 radical (unpaired) electrons. The molecule has 2 rings (SSSR count). The number of piperidine rings is 1. The number of aliphatic imine (C=N–C) groups is 1. The van der Waals surface area contributed by atoms with Crippen molar-refractivity contribution in [2.24, 2.45) is 10.9 Å². The average Bonchev–Trinajstić information content (AvgIpc) is 2.91. The average molecular weight is 266 g/mol. The van der Waals surface area contributed by atoms with Crippen LogP contribution in [-0.4, -0.2) is 61.6 Å². The molecule has 0 saturated carbocycles. The molecule has 2 fully saturated rings. The lowest BCUT2D eigenvalue weighted by atomic mass is 10.0. The minimum Gasteiger partial charge on any atom is -0.357 e. The smallest absolute Gasteiger partial charge is 0.193 e. The number of nitrogens with zero attached hydrogens (tertiary/aromatic N) is 3. The van der Waals surface area contributed by atoms with Crippen LogP contribution in [0.4, 0.5) is 0 Å².